The zero-order valence-electron chi connectivity index (χ0n) is 17.0. The summed E-state index contributed by atoms with van der Waals surface area (Å²) in [5.74, 6) is -6.57. The Kier molecular flexibility index (Phi) is 8.30. The number of carbonyl (C=O) groups excluding carboxylic acids is 4. The zero-order valence-corrected chi connectivity index (χ0v) is 17.8. The van der Waals surface area contributed by atoms with Gasteiger partial charge < -0.3 is 9.47 Å². The van der Waals surface area contributed by atoms with E-state index >= 15 is 0 Å². The van der Waals surface area contributed by atoms with Crippen LogP contribution < -0.4 is 0 Å². The number of halogens is 1. The smallest absolute Gasteiger partial charge is 0.321 e. The molecular weight excluding hydrogens is 408 g/mol. The molecule has 7 heteroatoms. The van der Waals surface area contributed by atoms with Gasteiger partial charge in [0.15, 0.2) is 5.92 Å². The van der Waals surface area contributed by atoms with Crippen LogP contribution in [0.2, 0.25) is 5.02 Å². The Morgan fingerprint density at radius 1 is 0.833 bits per heavy atom. The van der Waals surface area contributed by atoms with Crippen molar-refractivity contribution in [3.05, 3.63) is 70.2 Å². The van der Waals surface area contributed by atoms with Crippen LogP contribution in [0.3, 0.4) is 0 Å². The van der Waals surface area contributed by atoms with Gasteiger partial charge in [-0.2, -0.15) is 0 Å². The highest BCUT2D eigenvalue weighted by atomic mass is 35.5. The number of esters is 2. The van der Waals surface area contributed by atoms with Gasteiger partial charge in [-0.1, -0.05) is 41.4 Å². The molecule has 30 heavy (non-hydrogen) atoms. The number of rotatable bonds is 9. The van der Waals surface area contributed by atoms with Crippen molar-refractivity contribution in [3.8, 4) is 0 Å². The summed E-state index contributed by atoms with van der Waals surface area (Å²) in [6.45, 7) is 5.04. The number of benzene rings is 2. The minimum absolute atomic E-state index is 0.00861. The average Bonchev–Trinajstić information content (AvgIpc) is 2.72. The molecule has 6 nitrogen and oxygen atoms in total. The molecule has 0 radical (unpaired) electrons. The van der Waals surface area contributed by atoms with Crippen LogP contribution in [-0.2, 0) is 23.9 Å². The fourth-order valence-electron chi connectivity index (χ4n) is 2.99. The van der Waals surface area contributed by atoms with Gasteiger partial charge in [-0.05, 0) is 50.6 Å². The van der Waals surface area contributed by atoms with Crippen molar-refractivity contribution in [3.63, 3.8) is 0 Å². The van der Waals surface area contributed by atoms with Gasteiger partial charge in [-0.3, -0.25) is 19.2 Å². The predicted octanol–water partition coefficient (Wildman–Crippen LogP) is 3.93. The molecule has 0 bridgehead atoms. The lowest BCUT2D eigenvalue weighted by molar-refractivity contribution is -0.163. The molecule has 0 saturated carbocycles. The molecule has 0 aromatic heterocycles. The Balaban J connectivity index is 2.56. The molecule has 0 saturated heterocycles. The van der Waals surface area contributed by atoms with E-state index in [4.69, 9.17) is 21.1 Å². The average molecular weight is 431 g/mol. The molecule has 0 aliphatic carbocycles. The van der Waals surface area contributed by atoms with Crippen LogP contribution in [0.4, 0.5) is 0 Å². The largest absolute Gasteiger partial charge is 0.465 e. The summed E-state index contributed by atoms with van der Waals surface area (Å²) in [6.07, 6.45) is 0. The maximum absolute atomic E-state index is 13.3. The summed E-state index contributed by atoms with van der Waals surface area (Å²) >= 11 is 5.85. The number of Topliss-reactive ketones (excluding diaryl/α,β-unsaturated/α-hetero) is 2. The zero-order chi connectivity index (χ0) is 22.3. The Morgan fingerprint density at radius 3 is 1.80 bits per heavy atom. The predicted molar refractivity (Wildman–Crippen MR) is 111 cm³/mol. The van der Waals surface area contributed by atoms with Crippen LogP contribution in [0.1, 0.15) is 41.3 Å². The van der Waals surface area contributed by atoms with E-state index in [9.17, 15) is 19.2 Å². The lowest BCUT2D eigenvalue weighted by Crippen LogP contribution is -2.39. The van der Waals surface area contributed by atoms with Gasteiger partial charge in [0, 0.05) is 10.6 Å². The highest BCUT2D eigenvalue weighted by Crippen LogP contribution is 2.30. The third-order valence-corrected chi connectivity index (χ3v) is 4.72. The monoisotopic (exact) mass is 430 g/mol. The standard InChI is InChI=1S/C23H23ClO6/c1-4-29-22(27)19(23(28)30-5-2)18(15-8-6-14(3)7-9-15)21(26)20(25)16-10-12-17(24)13-11-16/h6-13,18-19H,4-5H2,1-3H3. The first-order valence-electron chi connectivity index (χ1n) is 9.54. The highest BCUT2D eigenvalue weighted by molar-refractivity contribution is 6.46. The molecule has 0 aliphatic heterocycles. The first kappa shape index (κ1) is 23.3. The maximum atomic E-state index is 13.3. The van der Waals surface area contributed by atoms with Crippen LogP contribution in [0.25, 0.3) is 0 Å². The summed E-state index contributed by atoms with van der Waals surface area (Å²) in [5, 5.41) is 0.407. The number of hydrogen-bond donors (Lipinski definition) is 0. The summed E-state index contributed by atoms with van der Waals surface area (Å²) in [6, 6.07) is 12.5. The van der Waals surface area contributed by atoms with E-state index < -0.39 is 35.3 Å². The van der Waals surface area contributed by atoms with E-state index in [0.29, 0.717) is 10.6 Å². The molecule has 158 valence electrons. The number of ketones is 2. The molecule has 2 aromatic rings. The molecular formula is C23H23ClO6. The Bertz CT molecular complexity index is 900. The Morgan fingerprint density at radius 2 is 1.33 bits per heavy atom. The van der Waals surface area contributed by atoms with E-state index in [1.54, 1.807) is 38.1 Å². The molecule has 0 N–H and O–H groups in total. The van der Waals surface area contributed by atoms with Gasteiger partial charge in [-0.25, -0.2) is 0 Å². The number of aryl methyl sites for hydroxylation is 1. The van der Waals surface area contributed by atoms with E-state index in [2.05, 4.69) is 0 Å². The van der Waals surface area contributed by atoms with Gasteiger partial charge in [0.05, 0.1) is 19.1 Å². The van der Waals surface area contributed by atoms with Gasteiger partial charge in [0.1, 0.15) is 0 Å². The first-order valence-corrected chi connectivity index (χ1v) is 9.91. The molecule has 0 amide bonds. The second-order valence-corrected chi connectivity index (χ2v) is 7.01. The Hall–Kier alpha value is -2.99. The summed E-state index contributed by atoms with van der Waals surface area (Å²) in [7, 11) is 0. The molecule has 0 fully saturated rings. The van der Waals surface area contributed by atoms with Crippen molar-refractivity contribution in [2.45, 2.75) is 26.7 Å². The fraction of sp³-hybridized carbons (Fsp3) is 0.304. The number of ether oxygens (including phenoxy) is 2. The molecule has 0 spiro atoms. The molecule has 0 heterocycles. The number of hydrogen-bond acceptors (Lipinski definition) is 6. The highest BCUT2D eigenvalue weighted by Gasteiger charge is 2.44. The van der Waals surface area contributed by atoms with Gasteiger partial charge in [0.2, 0.25) is 11.6 Å². The second kappa shape index (κ2) is 10.7. The Labute approximate surface area is 180 Å². The lowest BCUT2D eigenvalue weighted by atomic mass is 9.80. The van der Waals surface area contributed by atoms with Crippen LogP contribution in [-0.4, -0.2) is 36.7 Å². The second-order valence-electron chi connectivity index (χ2n) is 6.57. The van der Waals surface area contributed by atoms with Crippen LogP contribution in [0, 0.1) is 12.8 Å². The molecule has 1 unspecified atom stereocenters. The topological polar surface area (TPSA) is 86.7 Å². The minimum atomic E-state index is -1.60. The van der Waals surface area contributed by atoms with Crippen LogP contribution >= 0.6 is 11.6 Å². The van der Waals surface area contributed by atoms with Crippen molar-refractivity contribution < 1.29 is 28.7 Å². The van der Waals surface area contributed by atoms with Crippen LogP contribution in [0.15, 0.2) is 48.5 Å². The van der Waals surface area contributed by atoms with Crippen molar-refractivity contribution in [1.29, 1.82) is 0 Å². The van der Waals surface area contributed by atoms with E-state index in [-0.39, 0.29) is 18.8 Å². The van der Waals surface area contributed by atoms with Crippen molar-refractivity contribution in [1.82, 2.24) is 0 Å². The van der Waals surface area contributed by atoms with Gasteiger partial charge >= 0.3 is 11.9 Å². The van der Waals surface area contributed by atoms with Crippen molar-refractivity contribution in [2.75, 3.05) is 13.2 Å². The normalized spacial score (nSPS) is 11.6. The molecule has 1 atom stereocenters. The third kappa shape index (κ3) is 5.54. The lowest BCUT2D eigenvalue weighted by Gasteiger charge is -2.23. The first-order chi connectivity index (χ1) is 14.3. The van der Waals surface area contributed by atoms with Gasteiger partial charge in [0.25, 0.3) is 0 Å². The quantitative estimate of drug-likeness (QED) is 0.259. The molecule has 2 rings (SSSR count). The number of carbonyl (C=O) groups is 4. The van der Waals surface area contributed by atoms with Crippen molar-refractivity contribution in [2.24, 2.45) is 5.92 Å². The van der Waals surface area contributed by atoms with Gasteiger partial charge in [-0.15, -0.1) is 0 Å². The van der Waals surface area contributed by atoms with E-state index in [0.717, 1.165) is 5.56 Å². The third-order valence-electron chi connectivity index (χ3n) is 4.46. The van der Waals surface area contributed by atoms with E-state index in [1.807, 2.05) is 6.92 Å². The van der Waals surface area contributed by atoms with Crippen LogP contribution in [0.5, 0.6) is 0 Å². The maximum Gasteiger partial charge on any atom is 0.321 e. The van der Waals surface area contributed by atoms with Crippen molar-refractivity contribution >= 4 is 35.1 Å². The summed E-state index contributed by atoms with van der Waals surface area (Å²) in [5.41, 5.74) is 1.37. The fourth-order valence-corrected chi connectivity index (χ4v) is 3.11. The molecule has 0 aliphatic rings. The summed E-state index contributed by atoms with van der Waals surface area (Å²) < 4.78 is 10.1. The molecule has 2 aromatic carbocycles. The minimum Gasteiger partial charge on any atom is -0.465 e. The summed E-state index contributed by atoms with van der Waals surface area (Å²) in [4.78, 5) is 51.5. The van der Waals surface area contributed by atoms with E-state index in [1.165, 1.54) is 24.3 Å². The SMILES string of the molecule is CCOC(=O)C(C(=O)OCC)C(C(=O)C(=O)c1ccc(Cl)cc1)c1ccc(C)cc1.